The molecular weight excluding hydrogens is 852 g/mol. The molecule has 4 heterocycles. The van der Waals surface area contributed by atoms with Gasteiger partial charge in [0.25, 0.3) is 0 Å². The molecule has 5 nitrogen and oxygen atoms in total. The third kappa shape index (κ3) is 6.06. The maximum Gasteiger partial charge on any atom is 0.198 e. The highest BCUT2D eigenvalue weighted by Gasteiger charge is 2.39. The molecule has 0 bridgehead atoms. The summed E-state index contributed by atoms with van der Waals surface area (Å²) in [6.45, 7) is 6.88. The second-order valence-electron chi connectivity index (χ2n) is 19.5. The lowest BCUT2D eigenvalue weighted by atomic mass is 9.58. The van der Waals surface area contributed by atoms with Gasteiger partial charge in [0.2, 0.25) is 0 Å². The Kier molecular flexibility index (Phi) is 8.87. The summed E-state index contributed by atoms with van der Waals surface area (Å²) >= 11 is 0. The first-order valence-electron chi connectivity index (χ1n) is 24.3. The summed E-state index contributed by atoms with van der Waals surface area (Å²) in [5.41, 5.74) is 22.6. The van der Waals surface area contributed by atoms with Crippen molar-refractivity contribution in [2.24, 2.45) is 0 Å². The minimum Gasteiger partial charge on any atom is -0.456 e. The number of nitrogens with one attached hydrogen (secondary N) is 1. The molecule has 70 heavy (non-hydrogen) atoms. The lowest BCUT2D eigenvalue weighted by Gasteiger charge is -2.42. The Labute approximate surface area is 407 Å². The van der Waals surface area contributed by atoms with Crippen LogP contribution in [0.2, 0.25) is 0 Å². The maximum atomic E-state index is 6.62. The van der Waals surface area contributed by atoms with Crippen LogP contribution < -0.4 is 26.0 Å². The van der Waals surface area contributed by atoms with Crippen molar-refractivity contribution in [2.45, 2.75) is 26.2 Å². The summed E-state index contributed by atoms with van der Waals surface area (Å²) < 4.78 is 9.18. The molecule has 0 spiro atoms. The van der Waals surface area contributed by atoms with Gasteiger partial charge < -0.3 is 24.1 Å². The van der Waals surface area contributed by atoms with Crippen LogP contribution in [0.25, 0.3) is 60.6 Å². The molecule has 6 heteroatoms. The first-order chi connectivity index (χ1) is 34.4. The van der Waals surface area contributed by atoms with Crippen molar-refractivity contribution in [3.63, 3.8) is 0 Å². The van der Waals surface area contributed by atoms with E-state index in [2.05, 4.69) is 259 Å². The SMILES string of the molecule is Cc1ccc(Nc2cc(N(c3ccccc3)c3ccccc3)ccc2-c2cc(N3c4ccccc4C(C)(C)c4ccccc43)c3c4ccccc4n4c3c2Bc2cc3oc5ccccc5c3cc2-4)cc1. The lowest BCUT2D eigenvalue weighted by molar-refractivity contribution is 0.632. The number of nitrogens with zero attached hydrogens (tertiary/aromatic N) is 3. The number of rotatable bonds is 7. The summed E-state index contributed by atoms with van der Waals surface area (Å²) in [7, 11) is 0.719. The number of benzene rings is 10. The second kappa shape index (κ2) is 15.4. The maximum absolute atomic E-state index is 6.62. The second-order valence-corrected chi connectivity index (χ2v) is 19.5. The number of para-hydroxylation sites is 6. The number of aryl methyl sites for hydroxylation is 1. The minimum absolute atomic E-state index is 0.215. The van der Waals surface area contributed by atoms with Gasteiger partial charge in [-0.25, -0.2) is 0 Å². The van der Waals surface area contributed by atoms with Gasteiger partial charge in [0.05, 0.1) is 28.1 Å². The quantitative estimate of drug-likeness (QED) is 0.162. The molecule has 2 aromatic heterocycles. The highest BCUT2D eigenvalue weighted by molar-refractivity contribution is 6.74. The zero-order chi connectivity index (χ0) is 46.7. The Hall–Kier alpha value is -8.74. The van der Waals surface area contributed by atoms with Gasteiger partial charge in [-0.05, 0) is 120 Å². The van der Waals surface area contributed by atoms with Crippen LogP contribution in [0.4, 0.5) is 45.5 Å². The van der Waals surface area contributed by atoms with Crippen molar-refractivity contribution in [1.29, 1.82) is 0 Å². The highest BCUT2D eigenvalue weighted by atomic mass is 16.3. The fourth-order valence-corrected chi connectivity index (χ4v) is 11.7. The third-order valence-electron chi connectivity index (χ3n) is 15.0. The van der Waals surface area contributed by atoms with E-state index in [0.29, 0.717) is 0 Å². The molecule has 0 atom stereocenters. The van der Waals surface area contributed by atoms with Crippen LogP contribution in [-0.4, -0.2) is 11.8 Å². The Morgan fingerprint density at radius 2 is 1.13 bits per heavy atom. The van der Waals surface area contributed by atoms with Crippen LogP contribution in [-0.2, 0) is 5.41 Å². The van der Waals surface area contributed by atoms with Gasteiger partial charge in [0, 0.05) is 66.6 Å². The van der Waals surface area contributed by atoms with Crippen LogP contribution in [0.1, 0.15) is 30.5 Å². The number of aromatic nitrogens is 1. The third-order valence-corrected chi connectivity index (χ3v) is 15.0. The first-order valence-corrected chi connectivity index (χ1v) is 24.3. The van der Waals surface area contributed by atoms with Gasteiger partial charge >= 0.3 is 0 Å². The molecule has 14 rings (SSSR count). The van der Waals surface area contributed by atoms with Crippen molar-refractivity contribution in [3.8, 4) is 16.8 Å². The molecule has 12 aromatic rings. The van der Waals surface area contributed by atoms with Crippen molar-refractivity contribution < 1.29 is 4.42 Å². The summed E-state index contributed by atoms with van der Waals surface area (Å²) in [6, 6.07) is 79.7. The van der Waals surface area contributed by atoms with Crippen LogP contribution in [0, 0.1) is 6.92 Å². The van der Waals surface area contributed by atoms with Gasteiger partial charge in [-0.15, -0.1) is 0 Å². The molecule has 2 aliphatic rings. The lowest BCUT2D eigenvalue weighted by Crippen LogP contribution is -2.37. The summed E-state index contributed by atoms with van der Waals surface area (Å²) in [6.07, 6.45) is 0. The van der Waals surface area contributed by atoms with E-state index in [0.717, 1.165) is 68.9 Å². The van der Waals surface area contributed by atoms with E-state index in [1.54, 1.807) is 0 Å². The van der Waals surface area contributed by atoms with E-state index in [4.69, 9.17) is 4.42 Å². The molecule has 0 aliphatic carbocycles. The van der Waals surface area contributed by atoms with Gasteiger partial charge in [-0.3, -0.25) is 0 Å². The van der Waals surface area contributed by atoms with Gasteiger partial charge in [0.1, 0.15) is 11.2 Å². The van der Waals surface area contributed by atoms with Gasteiger partial charge in [-0.1, -0.05) is 152 Å². The average molecular weight is 899 g/mol. The normalized spacial score (nSPS) is 13.3. The standard InChI is InChI=1S/C64H47BN4O/c1-40-30-32-41(33-31-40)66-53-36-44(67(42-18-6-4-7-19-42)43-20-8-5-9-21-43)34-35-45(53)49-38-58(68-55-27-15-12-24-50(55)64(2,3)51-25-13-16-28-56(51)68)61-47-23-10-14-26-54(47)69-57-37-48-46-22-11-17-29-59(46)70-60(48)39-52(57)65-62(49)63(61)69/h4-39,65-66H,1-3H3. The van der Waals surface area contributed by atoms with E-state index >= 15 is 0 Å². The van der Waals surface area contributed by atoms with E-state index in [-0.39, 0.29) is 5.41 Å². The van der Waals surface area contributed by atoms with E-state index < -0.39 is 0 Å². The van der Waals surface area contributed by atoms with Crippen LogP contribution in [0.3, 0.4) is 0 Å². The Morgan fingerprint density at radius 1 is 0.500 bits per heavy atom. The molecule has 0 fully saturated rings. The molecule has 0 saturated carbocycles. The van der Waals surface area contributed by atoms with Gasteiger partial charge in [-0.2, -0.15) is 0 Å². The Morgan fingerprint density at radius 3 is 1.84 bits per heavy atom. The summed E-state index contributed by atoms with van der Waals surface area (Å²) in [5.74, 6) is 0. The first kappa shape index (κ1) is 40.3. The number of fused-ring (bicyclic) bond motifs is 10. The number of furan rings is 1. The monoisotopic (exact) mass is 898 g/mol. The molecule has 0 saturated heterocycles. The minimum atomic E-state index is -0.215. The number of hydrogen-bond acceptors (Lipinski definition) is 4. The Balaban J connectivity index is 1.11. The number of anilines is 8. The van der Waals surface area contributed by atoms with E-state index in [1.807, 2.05) is 0 Å². The molecule has 0 unspecified atom stereocenters. The molecule has 2 aliphatic heterocycles. The van der Waals surface area contributed by atoms with Gasteiger partial charge in [0.15, 0.2) is 7.28 Å². The topological polar surface area (TPSA) is 36.6 Å². The van der Waals surface area contributed by atoms with E-state index in [1.165, 1.54) is 72.0 Å². The molecule has 0 amide bonds. The van der Waals surface area contributed by atoms with Crippen molar-refractivity contribution >= 4 is 107 Å². The number of hydrogen-bond donors (Lipinski definition) is 1. The predicted octanol–water partition coefficient (Wildman–Crippen LogP) is 15.7. The molecule has 1 N–H and O–H groups in total. The molecule has 10 aromatic carbocycles. The van der Waals surface area contributed by atoms with Crippen LogP contribution in [0.5, 0.6) is 0 Å². The van der Waals surface area contributed by atoms with Crippen molar-refractivity contribution in [2.75, 3.05) is 15.1 Å². The van der Waals surface area contributed by atoms with Crippen molar-refractivity contribution in [1.82, 2.24) is 4.57 Å². The highest BCUT2D eigenvalue weighted by Crippen LogP contribution is 2.55. The van der Waals surface area contributed by atoms with Crippen LogP contribution >= 0.6 is 0 Å². The summed E-state index contributed by atoms with van der Waals surface area (Å²) in [4.78, 5) is 4.91. The molecular formula is C64H47BN4O. The fraction of sp³-hybridized carbons (Fsp3) is 0.0625. The van der Waals surface area contributed by atoms with Crippen molar-refractivity contribution in [3.05, 3.63) is 235 Å². The largest absolute Gasteiger partial charge is 0.456 e. The zero-order valence-electron chi connectivity index (χ0n) is 39.2. The summed E-state index contributed by atoms with van der Waals surface area (Å²) in [5, 5.41) is 8.71. The predicted molar refractivity (Wildman–Crippen MR) is 296 cm³/mol. The average Bonchev–Trinajstić information content (AvgIpc) is 3.94. The fourth-order valence-electron chi connectivity index (χ4n) is 11.7. The smallest absolute Gasteiger partial charge is 0.198 e. The van der Waals surface area contributed by atoms with E-state index in [9.17, 15) is 0 Å². The molecule has 332 valence electrons. The zero-order valence-corrected chi connectivity index (χ0v) is 39.2. The Bertz CT molecular complexity index is 3970. The molecule has 0 radical (unpaired) electrons. The van der Waals surface area contributed by atoms with Crippen LogP contribution in [0.15, 0.2) is 223 Å².